The summed E-state index contributed by atoms with van der Waals surface area (Å²) < 4.78 is 6.46. The molecule has 3 unspecified atom stereocenters. The second kappa shape index (κ2) is 8.51. The topological polar surface area (TPSA) is 60.8 Å². The van der Waals surface area contributed by atoms with Crippen molar-refractivity contribution in [3.05, 3.63) is 65.1 Å². The lowest BCUT2D eigenvalue weighted by molar-refractivity contribution is 0.152. The van der Waals surface area contributed by atoms with Crippen LogP contribution in [-0.4, -0.2) is 26.0 Å². The summed E-state index contributed by atoms with van der Waals surface area (Å²) in [5.41, 5.74) is 4.95. The molecule has 6 rings (SSSR count). The van der Waals surface area contributed by atoms with E-state index in [1.807, 2.05) is 20.0 Å². The van der Waals surface area contributed by atoms with E-state index in [1.165, 1.54) is 43.2 Å². The van der Waals surface area contributed by atoms with E-state index in [1.54, 1.807) is 0 Å². The molecule has 0 N–H and O–H groups in total. The molecular formula is C28H32N4O. The van der Waals surface area contributed by atoms with E-state index in [4.69, 9.17) is 9.72 Å². The molecule has 5 nitrogen and oxygen atoms in total. The van der Waals surface area contributed by atoms with Crippen LogP contribution in [0.3, 0.4) is 0 Å². The number of nitrogens with zero attached hydrogens (tertiary/aromatic N) is 4. The zero-order valence-electron chi connectivity index (χ0n) is 19.6. The largest absolute Gasteiger partial charge is 0.489 e. The Bertz CT molecular complexity index is 1150. The molecule has 2 saturated carbocycles. The van der Waals surface area contributed by atoms with E-state index in [0.29, 0.717) is 11.8 Å². The van der Waals surface area contributed by atoms with Crippen LogP contribution in [0.25, 0.3) is 11.3 Å². The Kier molecular flexibility index (Phi) is 5.35. The summed E-state index contributed by atoms with van der Waals surface area (Å²) in [6, 6.07) is 11.2. The summed E-state index contributed by atoms with van der Waals surface area (Å²) in [5.74, 6) is 5.24. The van der Waals surface area contributed by atoms with Crippen molar-refractivity contribution in [3.8, 4) is 17.0 Å². The Morgan fingerprint density at radius 1 is 0.909 bits per heavy atom. The average Bonchev–Trinajstić information content (AvgIpc) is 3.45. The number of hydrogen-bond acceptors (Lipinski definition) is 5. The van der Waals surface area contributed by atoms with Crippen molar-refractivity contribution in [3.63, 3.8) is 0 Å². The Balaban J connectivity index is 1.23. The molecule has 0 saturated heterocycles. The summed E-state index contributed by atoms with van der Waals surface area (Å²) in [4.78, 5) is 18.4. The van der Waals surface area contributed by atoms with Gasteiger partial charge in [0.15, 0.2) is 0 Å². The minimum atomic E-state index is 0.261. The normalized spacial score (nSPS) is 24.4. The van der Waals surface area contributed by atoms with Gasteiger partial charge in [0.05, 0.1) is 5.69 Å². The van der Waals surface area contributed by atoms with Crippen LogP contribution in [0, 0.1) is 19.8 Å². The second-order valence-electron chi connectivity index (χ2n) is 10.2. The zero-order valence-corrected chi connectivity index (χ0v) is 19.6. The molecule has 3 aliphatic rings. The van der Waals surface area contributed by atoms with Gasteiger partial charge in [-0.25, -0.2) is 15.0 Å². The van der Waals surface area contributed by atoms with Crippen LogP contribution in [0.1, 0.15) is 85.4 Å². The SMILES string of the molecule is Cc1nc(C)nc(C2CCC3Oc4cc(-c5cc(CC6CCCC6)ccn5)ccc4C3C2)n1. The highest BCUT2D eigenvalue weighted by Crippen LogP contribution is 2.50. The molecule has 170 valence electrons. The first-order valence-electron chi connectivity index (χ1n) is 12.6. The van der Waals surface area contributed by atoms with Crippen molar-refractivity contribution in [1.29, 1.82) is 0 Å². The predicted octanol–water partition coefficient (Wildman–Crippen LogP) is 6.10. The predicted molar refractivity (Wildman–Crippen MR) is 128 cm³/mol. The molecule has 1 aromatic carbocycles. The van der Waals surface area contributed by atoms with Gasteiger partial charge in [-0.1, -0.05) is 37.8 Å². The maximum absolute atomic E-state index is 6.46. The quantitative estimate of drug-likeness (QED) is 0.491. The smallest absolute Gasteiger partial charge is 0.135 e. The molecule has 5 heteroatoms. The fourth-order valence-corrected chi connectivity index (χ4v) is 6.24. The average molecular weight is 441 g/mol. The van der Waals surface area contributed by atoms with Gasteiger partial charge < -0.3 is 4.74 Å². The Morgan fingerprint density at radius 3 is 2.55 bits per heavy atom. The van der Waals surface area contributed by atoms with Crippen LogP contribution in [0.5, 0.6) is 5.75 Å². The molecule has 33 heavy (non-hydrogen) atoms. The van der Waals surface area contributed by atoms with E-state index in [2.05, 4.69) is 45.3 Å². The molecule has 1 aliphatic heterocycles. The van der Waals surface area contributed by atoms with Crippen LogP contribution >= 0.6 is 0 Å². The monoisotopic (exact) mass is 440 g/mol. The van der Waals surface area contributed by atoms with Gasteiger partial charge in [-0.3, -0.25) is 4.98 Å². The molecule has 0 spiro atoms. The molecule has 2 aromatic heterocycles. The van der Waals surface area contributed by atoms with Crippen molar-refractivity contribution < 1.29 is 4.74 Å². The van der Waals surface area contributed by atoms with E-state index in [-0.39, 0.29) is 6.10 Å². The van der Waals surface area contributed by atoms with E-state index < -0.39 is 0 Å². The molecule has 0 amide bonds. The lowest BCUT2D eigenvalue weighted by atomic mass is 9.77. The van der Waals surface area contributed by atoms with Gasteiger partial charge in [-0.2, -0.15) is 0 Å². The molecular weight excluding hydrogens is 408 g/mol. The van der Waals surface area contributed by atoms with E-state index >= 15 is 0 Å². The lowest BCUT2D eigenvalue weighted by Gasteiger charge is -2.30. The lowest BCUT2D eigenvalue weighted by Crippen LogP contribution is -2.27. The number of pyridine rings is 1. The molecule has 3 atom stereocenters. The summed E-state index contributed by atoms with van der Waals surface area (Å²) in [6.45, 7) is 3.91. The number of fused-ring (bicyclic) bond motifs is 3. The third-order valence-electron chi connectivity index (χ3n) is 7.84. The molecule has 3 aromatic rings. The fourth-order valence-electron chi connectivity index (χ4n) is 6.24. The van der Waals surface area contributed by atoms with Gasteiger partial charge in [0.25, 0.3) is 0 Å². The first kappa shape index (κ1) is 20.8. The van der Waals surface area contributed by atoms with E-state index in [0.717, 1.165) is 59.7 Å². The molecule has 3 heterocycles. The number of aryl methyl sites for hydroxylation is 2. The third kappa shape index (κ3) is 4.14. The first-order chi connectivity index (χ1) is 16.1. The highest BCUT2D eigenvalue weighted by Gasteiger charge is 2.40. The number of hydrogen-bond donors (Lipinski definition) is 0. The summed E-state index contributed by atoms with van der Waals surface area (Å²) in [5, 5.41) is 0. The number of aromatic nitrogens is 4. The summed E-state index contributed by atoms with van der Waals surface area (Å²) in [6.07, 6.45) is 12.1. The van der Waals surface area contributed by atoms with Gasteiger partial charge in [-0.15, -0.1) is 0 Å². The molecule has 0 bridgehead atoms. The standard InChI is InChI=1S/C28H32N4O/c1-17-30-18(2)32-28(31-17)22-8-10-26-24(15-22)23-9-7-21(16-27(23)33-26)25-14-20(11-12-29-25)13-19-5-3-4-6-19/h7,9,11-12,14,16,19,22,24,26H,3-6,8,10,13,15H2,1-2H3. The maximum atomic E-state index is 6.46. The van der Waals surface area contributed by atoms with Crippen molar-refractivity contribution >= 4 is 0 Å². The number of rotatable bonds is 4. The fraction of sp³-hybridized carbons (Fsp3) is 0.500. The van der Waals surface area contributed by atoms with E-state index in [9.17, 15) is 0 Å². The van der Waals surface area contributed by atoms with Crippen molar-refractivity contribution in [2.24, 2.45) is 5.92 Å². The van der Waals surface area contributed by atoms with Gasteiger partial charge >= 0.3 is 0 Å². The van der Waals surface area contributed by atoms with Gasteiger partial charge in [0.1, 0.15) is 29.3 Å². The molecule has 2 fully saturated rings. The van der Waals surface area contributed by atoms with Gasteiger partial charge in [0.2, 0.25) is 0 Å². The van der Waals surface area contributed by atoms with Gasteiger partial charge in [-0.05, 0) is 69.2 Å². The van der Waals surface area contributed by atoms with Crippen LogP contribution in [0.15, 0.2) is 36.5 Å². The number of benzene rings is 1. The minimum absolute atomic E-state index is 0.261. The zero-order chi connectivity index (χ0) is 22.4. The maximum Gasteiger partial charge on any atom is 0.135 e. The van der Waals surface area contributed by atoms with Crippen LogP contribution in [0.4, 0.5) is 0 Å². The minimum Gasteiger partial charge on any atom is -0.489 e. The second-order valence-corrected chi connectivity index (χ2v) is 10.2. The van der Waals surface area contributed by atoms with Crippen LogP contribution in [-0.2, 0) is 6.42 Å². The van der Waals surface area contributed by atoms with Crippen molar-refractivity contribution in [2.45, 2.75) is 83.2 Å². The Hall–Kier alpha value is -2.82. The van der Waals surface area contributed by atoms with Crippen LogP contribution in [0.2, 0.25) is 0 Å². The third-order valence-corrected chi connectivity index (χ3v) is 7.84. The number of ether oxygens (including phenoxy) is 1. The van der Waals surface area contributed by atoms with Crippen molar-refractivity contribution in [1.82, 2.24) is 19.9 Å². The Labute approximate surface area is 196 Å². The van der Waals surface area contributed by atoms with Crippen molar-refractivity contribution in [2.75, 3.05) is 0 Å². The molecule has 2 aliphatic carbocycles. The highest BCUT2D eigenvalue weighted by atomic mass is 16.5. The Morgan fingerprint density at radius 2 is 1.73 bits per heavy atom. The highest BCUT2D eigenvalue weighted by molar-refractivity contribution is 5.64. The summed E-state index contributed by atoms with van der Waals surface area (Å²) in [7, 11) is 0. The molecule has 0 radical (unpaired) electrons. The first-order valence-corrected chi connectivity index (χ1v) is 12.6. The van der Waals surface area contributed by atoms with Gasteiger partial charge in [0, 0.05) is 29.2 Å². The van der Waals surface area contributed by atoms with Crippen LogP contribution < -0.4 is 4.74 Å². The summed E-state index contributed by atoms with van der Waals surface area (Å²) >= 11 is 0.